The quantitative estimate of drug-likeness (QED) is 0.672. The molecule has 0 radical (unpaired) electrons. The Morgan fingerprint density at radius 1 is 1.29 bits per heavy atom. The van der Waals surface area contributed by atoms with Gasteiger partial charge in [-0.25, -0.2) is 0 Å². The molecule has 0 amide bonds. The Kier molecular flexibility index (Phi) is 8.92. The first-order chi connectivity index (χ1) is 10.1. The molecule has 1 aromatic rings. The van der Waals surface area contributed by atoms with Crippen molar-refractivity contribution in [3.8, 4) is 5.75 Å². The monoisotopic (exact) mass is 359 g/mol. The van der Waals surface area contributed by atoms with Crippen molar-refractivity contribution in [2.45, 2.75) is 39.3 Å². The number of benzene rings is 1. The summed E-state index contributed by atoms with van der Waals surface area (Å²) in [7, 11) is 0. The van der Waals surface area contributed by atoms with Gasteiger partial charge in [0.1, 0.15) is 18.5 Å². The molecule has 0 spiro atoms. The van der Waals surface area contributed by atoms with Gasteiger partial charge in [0, 0.05) is 22.7 Å². The van der Waals surface area contributed by atoms with E-state index in [4.69, 9.17) is 9.47 Å². The Morgan fingerprint density at radius 2 is 2.05 bits per heavy atom. The van der Waals surface area contributed by atoms with Crippen LogP contribution < -0.4 is 10.1 Å². The molecule has 0 aliphatic carbocycles. The summed E-state index contributed by atoms with van der Waals surface area (Å²) >= 11 is 3.49. The molecule has 4 nitrogen and oxygen atoms in total. The van der Waals surface area contributed by atoms with E-state index in [2.05, 4.69) is 41.2 Å². The van der Waals surface area contributed by atoms with Gasteiger partial charge < -0.3 is 19.9 Å². The Hall–Kier alpha value is -0.620. The summed E-state index contributed by atoms with van der Waals surface area (Å²) in [4.78, 5) is 0. The fourth-order valence-corrected chi connectivity index (χ4v) is 2.33. The van der Waals surface area contributed by atoms with Gasteiger partial charge in [-0.2, -0.15) is 0 Å². The van der Waals surface area contributed by atoms with E-state index in [0.29, 0.717) is 13.2 Å². The summed E-state index contributed by atoms with van der Waals surface area (Å²) in [5, 5.41) is 13.2. The minimum Gasteiger partial charge on any atom is -0.490 e. The number of aliphatic hydroxyl groups is 1. The van der Waals surface area contributed by atoms with Crippen molar-refractivity contribution >= 4 is 15.9 Å². The van der Waals surface area contributed by atoms with Crippen molar-refractivity contribution in [1.29, 1.82) is 0 Å². The summed E-state index contributed by atoms with van der Waals surface area (Å²) in [6, 6.07) is 6.12. The molecule has 1 aromatic carbocycles. The van der Waals surface area contributed by atoms with E-state index in [1.807, 2.05) is 19.1 Å². The highest BCUT2D eigenvalue weighted by Crippen LogP contribution is 2.28. The van der Waals surface area contributed by atoms with Crippen molar-refractivity contribution in [2.75, 3.05) is 26.4 Å². The third-order valence-corrected chi connectivity index (χ3v) is 3.58. The van der Waals surface area contributed by atoms with Crippen LogP contribution in [-0.2, 0) is 4.74 Å². The summed E-state index contributed by atoms with van der Waals surface area (Å²) in [6.45, 7) is 8.24. The van der Waals surface area contributed by atoms with E-state index in [-0.39, 0.29) is 12.6 Å². The van der Waals surface area contributed by atoms with Crippen LogP contribution >= 0.6 is 15.9 Å². The Bertz CT molecular complexity index is 415. The van der Waals surface area contributed by atoms with Crippen molar-refractivity contribution in [3.63, 3.8) is 0 Å². The summed E-state index contributed by atoms with van der Waals surface area (Å²) in [6.07, 6.45) is 0.474. The molecule has 0 fully saturated rings. The second-order valence-electron chi connectivity index (χ2n) is 4.98. The van der Waals surface area contributed by atoms with E-state index in [0.717, 1.165) is 28.8 Å². The predicted molar refractivity (Wildman–Crippen MR) is 88.8 cm³/mol. The van der Waals surface area contributed by atoms with Gasteiger partial charge in [0.25, 0.3) is 0 Å². The normalized spacial score (nSPS) is 14.0. The van der Waals surface area contributed by atoms with Gasteiger partial charge in [0.15, 0.2) is 0 Å². The zero-order valence-electron chi connectivity index (χ0n) is 13.1. The van der Waals surface area contributed by atoms with Gasteiger partial charge in [0.2, 0.25) is 0 Å². The van der Waals surface area contributed by atoms with E-state index < -0.39 is 6.10 Å². The number of aliphatic hydroxyl groups excluding tert-OH is 1. The van der Waals surface area contributed by atoms with Crippen LogP contribution in [0.5, 0.6) is 5.75 Å². The largest absolute Gasteiger partial charge is 0.490 e. The zero-order chi connectivity index (χ0) is 15.7. The van der Waals surface area contributed by atoms with Gasteiger partial charge in [-0.1, -0.05) is 22.9 Å². The Balaban J connectivity index is 2.67. The molecule has 21 heavy (non-hydrogen) atoms. The molecule has 1 rings (SSSR count). The number of rotatable bonds is 10. The summed E-state index contributed by atoms with van der Waals surface area (Å²) < 4.78 is 12.0. The maximum absolute atomic E-state index is 9.79. The lowest BCUT2D eigenvalue weighted by Gasteiger charge is -2.20. The van der Waals surface area contributed by atoms with Crippen LogP contribution in [0.25, 0.3) is 0 Å². The molecule has 0 aliphatic rings. The molecule has 120 valence electrons. The maximum atomic E-state index is 9.79. The molecular weight excluding hydrogens is 334 g/mol. The molecule has 2 unspecified atom stereocenters. The molecule has 5 heteroatoms. The lowest BCUT2D eigenvalue weighted by Crippen LogP contribution is -2.25. The van der Waals surface area contributed by atoms with Gasteiger partial charge in [-0.3, -0.25) is 0 Å². The number of hydrogen-bond acceptors (Lipinski definition) is 4. The van der Waals surface area contributed by atoms with Crippen LogP contribution in [0, 0.1) is 0 Å². The van der Waals surface area contributed by atoms with Gasteiger partial charge in [0.05, 0.1) is 6.61 Å². The van der Waals surface area contributed by atoms with Crippen molar-refractivity contribution in [2.24, 2.45) is 0 Å². The highest BCUT2D eigenvalue weighted by molar-refractivity contribution is 9.10. The van der Waals surface area contributed by atoms with Crippen LogP contribution in [0.2, 0.25) is 0 Å². The zero-order valence-corrected chi connectivity index (χ0v) is 14.6. The fraction of sp³-hybridized carbons (Fsp3) is 0.625. The van der Waals surface area contributed by atoms with Crippen LogP contribution in [0.3, 0.4) is 0 Å². The van der Waals surface area contributed by atoms with Gasteiger partial charge >= 0.3 is 0 Å². The molecule has 0 bridgehead atoms. The first-order valence-electron chi connectivity index (χ1n) is 7.49. The lowest BCUT2D eigenvalue weighted by atomic mass is 10.1. The number of ether oxygens (including phenoxy) is 2. The lowest BCUT2D eigenvalue weighted by molar-refractivity contribution is 0.0162. The predicted octanol–water partition coefficient (Wildman–Crippen LogP) is 3.29. The summed E-state index contributed by atoms with van der Waals surface area (Å²) in [5.41, 5.74) is 1.08. The molecule has 0 saturated heterocycles. The molecule has 2 atom stereocenters. The molecule has 0 heterocycles. The van der Waals surface area contributed by atoms with Crippen molar-refractivity contribution < 1.29 is 14.6 Å². The molecular formula is C16H26BrNO3. The van der Waals surface area contributed by atoms with Crippen LogP contribution in [-0.4, -0.2) is 37.6 Å². The summed E-state index contributed by atoms with van der Waals surface area (Å²) in [5.74, 6) is 0.796. The fourth-order valence-electron chi connectivity index (χ4n) is 1.95. The minimum atomic E-state index is -0.611. The Labute approximate surface area is 136 Å². The number of nitrogens with one attached hydrogen (secondary N) is 1. The van der Waals surface area contributed by atoms with Crippen LogP contribution in [0.4, 0.5) is 0 Å². The first-order valence-corrected chi connectivity index (χ1v) is 8.29. The topological polar surface area (TPSA) is 50.7 Å². The highest BCUT2D eigenvalue weighted by atomic mass is 79.9. The van der Waals surface area contributed by atoms with Crippen LogP contribution in [0.1, 0.15) is 38.8 Å². The minimum absolute atomic E-state index is 0.196. The van der Waals surface area contributed by atoms with Crippen LogP contribution in [0.15, 0.2) is 22.7 Å². The molecule has 0 aliphatic heterocycles. The van der Waals surface area contributed by atoms with Crippen molar-refractivity contribution in [3.05, 3.63) is 28.2 Å². The standard InChI is InChI=1S/C16H26BrNO3/c1-4-8-18-12(3)15-9-13(17)6-7-16(15)21-11-14(19)10-20-5-2/h6-7,9,12,14,18-19H,4-5,8,10-11H2,1-3H3. The van der Waals surface area contributed by atoms with Gasteiger partial charge in [-0.15, -0.1) is 0 Å². The average molecular weight is 360 g/mol. The number of halogens is 1. The molecule has 0 aromatic heterocycles. The average Bonchev–Trinajstić information content (AvgIpc) is 2.49. The second-order valence-corrected chi connectivity index (χ2v) is 5.90. The van der Waals surface area contributed by atoms with Crippen molar-refractivity contribution in [1.82, 2.24) is 5.32 Å². The molecule has 0 saturated carbocycles. The van der Waals surface area contributed by atoms with E-state index in [9.17, 15) is 5.11 Å². The highest BCUT2D eigenvalue weighted by Gasteiger charge is 2.13. The first kappa shape index (κ1) is 18.4. The maximum Gasteiger partial charge on any atom is 0.124 e. The molecule has 2 N–H and O–H groups in total. The van der Waals surface area contributed by atoms with E-state index >= 15 is 0 Å². The SMILES string of the molecule is CCCNC(C)c1cc(Br)ccc1OCC(O)COCC. The van der Waals surface area contributed by atoms with E-state index in [1.54, 1.807) is 0 Å². The van der Waals surface area contributed by atoms with Gasteiger partial charge in [-0.05, 0) is 45.0 Å². The van der Waals surface area contributed by atoms with E-state index in [1.165, 1.54) is 0 Å². The Morgan fingerprint density at radius 3 is 2.71 bits per heavy atom. The third-order valence-electron chi connectivity index (χ3n) is 3.08. The number of hydrogen-bond donors (Lipinski definition) is 2. The smallest absolute Gasteiger partial charge is 0.124 e. The third kappa shape index (κ3) is 6.78. The second kappa shape index (κ2) is 10.2.